The number of carbonyl (C=O) groups is 1. The minimum Gasteiger partial charge on any atom is -0.374 e. The number of hydrogen-bond acceptors (Lipinski definition) is 3. The van der Waals surface area contributed by atoms with Crippen molar-refractivity contribution in [1.29, 1.82) is 0 Å². The molecular weight excluding hydrogens is 274 g/mol. The van der Waals surface area contributed by atoms with Gasteiger partial charge in [0.25, 0.3) is 0 Å². The molecule has 2 rings (SSSR count). The molecule has 1 aromatic heterocycles. The summed E-state index contributed by atoms with van der Waals surface area (Å²) in [5, 5.41) is 6.38. The maximum absolute atomic E-state index is 12.1. The molecule has 0 aliphatic heterocycles. The summed E-state index contributed by atoms with van der Waals surface area (Å²) in [5.41, 5.74) is 2.26. The Labute approximate surface area is 123 Å². The second-order valence-electron chi connectivity index (χ2n) is 4.49. The van der Waals surface area contributed by atoms with Crippen LogP contribution in [-0.2, 0) is 4.79 Å². The molecule has 1 atom stereocenters. The van der Waals surface area contributed by atoms with Gasteiger partial charge in [-0.25, -0.2) is 4.98 Å². The monoisotopic (exact) mass is 289 g/mol. The molecule has 4 nitrogen and oxygen atoms in total. The number of benzene rings is 1. The molecule has 20 heavy (non-hydrogen) atoms. The van der Waals surface area contributed by atoms with Crippen LogP contribution in [0.15, 0.2) is 42.5 Å². The Morgan fingerprint density at radius 2 is 1.90 bits per heavy atom. The third-order valence-electron chi connectivity index (χ3n) is 2.86. The number of nitrogens with zero attached hydrogens (tertiary/aromatic N) is 1. The van der Waals surface area contributed by atoms with E-state index in [2.05, 4.69) is 15.6 Å². The highest BCUT2D eigenvalue weighted by molar-refractivity contribution is 6.29. The summed E-state index contributed by atoms with van der Waals surface area (Å²) in [6, 6.07) is 12.6. The van der Waals surface area contributed by atoms with Crippen LogP contribution in [0.25, 0.3) is 0 Å². The van der Waals surface area contributed by atoms with Gasteiger partial charge in [0.2, 0.25) is 5.91 Å². The Hall–Kier alpha value is -2.07. The van der Waals surface area contributed by atoms with E-state index in [-0.39, 0.29) is 11.9 Å². The molecule has 2 aromatic rings. The first kappa shape index (κ1) is 14.3. The molecule has 0 bridgehead atoms. The standard InChI is InChI=1S/C15H16ClN3O/c1-10-13(8-9-14(16)18-10)19-15(20)11(2)17-12-6-4-3-5-7-12/h3-9,11,17H,1-2H3,(H,19,20). The first-order valence-electron chi connectivity index (χ1n) is 6.32. The van der Waals surface area contributed by atoms with Gasteiger partial charge in [0.15, 0.2) is 0 Å². The predicted molar refractivity (Wildman–Crippen MR) is 82.1 cm³/mol. The lowest BCUT2D eigenvalue weighted by atomic mass is 10.2. The minimum atomic E-state index is -0.354. The van der Waals surface area contributed by atoms with E-state index in [1.165, 1.54) is 0 Å². The molecule has 0 saturated heterocycles. The van der Waals surface area contributed by atoms with E-state index in [0.29, 0.717) is 16.5 Å². The van der Waals surface area contributed by atoms with E-state index in [0.717, 1.165) is 5.69 Å². The average molecular weight is 290 g/mol. The highest BCUT2D eigenvalue weighted by Crippen LogP contribution is 2.16. The molecule has 0 radical (unpaired) electrons. The number of nitrogens with one attached hydrogen (secondary N) is 2. The van der Waals surface area contributed by atoms with Crippen molar-refractivity contribution < 1.29 is 4.79 Å². The Kier molecular flexibility index (Phi) is 4.58. The number of hydrogen-bond donors (Lipinski definition) is 2. The van der Waals surface area contributed by atoms with Gasteiger partial charge in [0, 0.05) is 5.69 Å². The zero-order valence-corrected chi connectivity index (χ0v) is 12.1. The van der Waals surface area contributed by atoms with Crippen LogP contribution in [0.2, 0.25) is 5.15 Å². The summed E-state index contributed by atoms with van der Waals surface area (Å²) >= 11 is 5.79. The second kappa shape index (κ2) is 6.39. The van der Waals surface area contributed by atoms with Crippen molar-refractivity contribution in [1.82, 2.24) is 4.98 Å². The van der Waals surface area contributed by atoms with Crippen molar-refractivity contribution in [3.63, 3.8) is 0 Å². The lowest BCUT2D eigenvalue weighted by Crippen LogP contribution is -2.32. The quantitative estimate of drug-likeness (QED) is 0.847. The van der Waals surface area contributed by atoms with Gasteiger partial charge in [-0.1, -0.05) is 29.8 Å². The number of amides is 1. The number of anilines is 2. The fourth-order valence-corrected chi connectivity index (χ4v) is 1.94. The summed E-state index contributed by atoms with van der Waals surface area (Å²) in [7, 11) is 0. The summed E-state index contributed by atoms with van der Waals surface area (Å²) in [5.74, 6) is -0.124. The van der Waals surface area contributed by atoms with Crippen molar-refractivity contribution in [3.8, 4) is 0 Å². The average Bonchev–Trinajstić information content (AvgIpc) is 2.43. The van der Waals surface area contributed by atoms with Crippen LogP contribution in [0.1, 0.15) is 12.6 Å². The normalized spacial score (nSPS) is 11.8. The molecule has 1 unspecified atom stereocenters. The number of carbonyl (C=O) groups excluding carboxylic acids is 1. The van der Waals surface area contributed by atoms with Gasteiger partial charge in [-0.2, -0.15) is 0 Å². The number of para-hydroxylation sites is 1. The molecule has 0 saturated carbocycles. The van der Waals surface area contributed by atoms with E-state index < -0.39 is 0 Å². The lowest BCUT2D eigenvalue weighted by molar-refractivity contribution is -0.116. The van der Waals surface area contributed by atoms with Crippen molar-refractivity contribution in [2.24, 2.45) is 0 Å². The van der Waals surface area contributed by atoms with Crippen LogP contribution in [0, 0.1) is 6.92 Å². The smallest absolute Gasteiger partial charge is 0.246 e. The lowest BCUT2D eigenvalue weighted by Gasteiger charge is -2.16. The third kappa shape index (κ3) is 3.71. The second-order valence-corrected chi connectivity index (χ2v) is 4.88. The number of aryl methyl sites for hydroxylation is 1. The van der Waals surface area contributed by atoms with Crippen molar-refractivity contribution in [2.75, 3.05) is 10.6 Å². The fourth-order valence-electron chi connectivity index (χ4n) is 1.75. The molecule has 104 valence electrons. The predicted octanol–water partition coefficient (Wildman–Crippen LogP) is 3.48. The summed E-state index contributed by atoms with van der Waals surface area (Å²) in [6.45, 7) is 3.61. The highest BCUT2D eigenvalue weighted by Gasteiger charge is 2.14. The Bertz CT molecular complexity index is 601. The van der Waals surface area contributed by atoms with Crippen molar-refractivity contribution in [2.45, 2.75) is 19.9 Å². The minimum absolute atomic E-state index is 0.124. The van der Waals surface area contributed by atoms with Gasteiger partial charge in [0.1, 0.15) is 11.2 Å². The summed E-state index contributed by atoms with van der Waals surface area (Å²) < 4.78 is 0. The van der Waals surface area contributed by atoms with Gasteiger partial charge >= 0.3 is 0 Å². The fraction of sp³-hybridized carbons (Fsp3) is 0.200. The number of pyridine rings is 1. The van der Waals surface area contributed by atoms with Crippen LogP contribution in [0.5, 0.6) is 0 Å². The highest BCUT2D eigenvalue weighted by atomic mass is 35.5. The number of halogens is 1. The van der Waals surface area contributed by atoms with Gasteiger partial charge < -0.3 is 10.6 Å². The van der Waals surface area contributed by atoms with Gasteiger partial charge in [-0.3, -0.25) is 4.79 Å². The first-order chi connectivity index (χ1) is 9.56. The van der Waals surface area contributed by atoms with Gasteiger partial charge in [-0.15, -0.1) is 0 Å². The SMILES string of the molecule is Cc1nc(Cl)ccc1NC(=O)C(C)Nc1ccccc1. The number of rotatable bonds is 4. The molecular formula is C15H16ClN3O. The van der Waals surface area contributed by atoms with Gasteiger partial charge in [-0.05, 0) is 38.1 Å². The Morgan fingerprint density at radius 1 is 1.20 bits per heavy atom. The van der Waals surface area contributed by atoms with Crippen LogP contribution in [0.4, 0.5) is 11.4 Å². The topological polar surface area (TPSA) is 54.0 Å². The summed E-state index contributed by atoms with van der Waals surface area (Å²) in [4.78, 5) is 16.2. The van der Waals surface area contributed by atoms with E-state index in [1.807, 2.05) is 30.3 Å². The Balaban J connectivity index is 2.01. The van der Waals surface area contributed by atoms with Gasteiger partial charge in [0.05, 0.1) is 11.4 Å². The molecule has 0 aliphatic carbocycles. The first-order valence-corrected chi connectivity index (χ1v) is 6.69. The molecule has 0 spiro atoms. The Morgan fingerprint density at radius 3 is 2.55 bits per heavy atom. The number of aromatic nitrogens is 1. The van der Waals surface area contributed by atoms with Crippen LogP contribution < -0.4 is 10.6 Å². The molecule has 0 aliphatic rings. The largest absolute Gasteiger partial charge is 0.374 e. The van der Waals surface area contributed by atoms with Crippen LogP contribution in [-0.4, -0.2) is 16.9 Å². The summed E-state index contributed by atoms with van der Waals surface area (Å²) in [6.07, 6.45) is 0. The molecule has 1 heterocycles. The van der Waals surface area contributed by atoms with E-state index in [4.69, 9.17) is 11.6 Å². The maximum atomic E-state index is 12.1. The molecule has 5 heteroatoms. The third-order valence-corrected chi connectivity index (χ3v) is 3.07. The van der Waals surface area contributed by atoms with E-state index in [9.17, 15) is 4.79 Å². The van der Waals surface area contributed by atoms with Crippen molar-refractivity contribution in [3.05, 3.63) is 53.3 Å². The molecule has 1 aromatic carbocycles. The zero-order chi connectivity index (χ0) is 14.5. The maximum Gasteiger partial charge on any atom is 0.246 e. The van der Waals surface area contributed by atoms with Crippen molar-refractivity contribution >= 4 is 28.9 Å². The molecule has 0 fully saturated rings. The molecule has 1 amide bonds. The van der Waals surface area contributed by atoms with E-state index >= 15 is 0 Å². The molecule has 2 N–H and O–H groups in total. The van der Waals surface area contributed by atoms with Crippen LogP contribution in [0.3, 0.4) is 0 Å². The zero-order valence-electron chi connectivity index (χ0n) is 11.4. The van der Waals surface area contributed by atoms with E-state index in [1.54, 1.807) is 26.0 Å². The van der Waals surface area contributed by atoms with Crippen LogP contribution >= 0.6 is 11.6 Å².